The molecule has 3 aromatic rings. The van der Waals surface area contributed by atoms with Gasteiger partial charge in [-0.3, -0.25) is 9.59 Å². The average Bonchev–Trinajstić information content (AvgIpc) is 4.14. The van der Waals surface area contributed by atoms with E-state index in [1.807, 2.05) is 38.1 Å². The largest absolute Gasteiger partial charge is 0.497 e. The number of hydrogen-bond acceptors (Lipinski definition) is 17. The maximum atomic E-state index is 14.3. The van der Waals surface area contributed by atoms with Crippen LogP contribution in [0.1, 0.15) is 126 Å². The molecule has 18 nitrogen and oxygen atoms in total. The third-order valence-electron chi connectivity index (χ3n) is 19.7. The number of ketones is 1. The highest BCUT2D eigenvalue weighted by Gasteiger charge is 2.70. The standard InChI is InChI=1S/C63H81NO17/c1-34(2)15-22-48(65)35(3)63(73)51(79-58-54(70)55(50(67)33-75-58)81-59-56(53(69)49(66)32-76-59)80-57(71)36-16-19-38(74-6)20-17-36)30-47-44-21-18-37-29-39(23-26-61(37,4)46(44)24-27-62(47,63)5)78-52(68)25-28-64-60(72)77-31-45-42-13-9-7-11-40(42)41-12-8-10-14-43(41)45/h7-14,16-20,34-35,39,44-47,49-51,53-56,58-59,66-67,69-70,73H,15,21-33H2,1-6H3,(H,64,72)/t35-,39+,44-,46?,47+,49?,50?,51+,53?,54?,55?,56?,58?,59?,61+,62+,63-/m1/s1. The Hall–Kier alpha value is -5.28. The van der Waals surface area contributed by atoms with Gasteiger partial charge in [0.15, 0.2) is 18.7 Å². The average molecular weight is 1120 g/mol. The number of carbonyl (C=O) groups excluding carboxylic acids is 4. The van der Waals surface area contributed by atoms with Crippen molar-refractivity contribution in [2.75, 3.05) is 33.5 Å². The number of methoxy groups -OCH3 is 1. The van der Waals surface area contributed by atoms with Gasteiger partial charge in [0.1, 0.15) is 60.4 Å². The van der Waals surface area contributed by atoms with Crippen molar-refractivity contribution in [2.24, 2.45) is 40.4 Å². The summed E-state index contributed by atoms with van der Waals surface area (Å²) in [5, 5.41) is 61.3. The molecule has 6 N–H and O–H groups in total. The number of esters is 2. The van der Waals surface area contributed by atoms with E-state index < -0.39 is 96.9 Å². The molecular weight excluding hydrogens is 1040 g/mol. The second-order valence-corrected chi connectivity index (χ2v) is 24.6. The van der Waals surface area contributed by atoms with E-state index in [0.29, 0.717) is 44.3 Å². The number of carbonyl (C=O) groups is 4. The van der Waals surface area contributed by atoms with Gasteiger partial charge in [-0.2, -0.15) is 0 Å². The molecule has 2 aliphatic heterocycles. The molecule has 0 spiro atoms. The molecule has 0 radical (unpaired) electrons. The first-order valence-electron chi connectivity index (χ1n) is 29.1. The number of aliphatic hydroxyl groups is 5. The molecule has 18 heteroatoms. The zero-order chi connectivity index (χ0) is 57.5. The number of rotatable bonds is 18. The summed E-state index contributed by atoms with van der Waals surface area (Å²) in [5.74, 6) is -1.34. The van der Waals surface area contributed by atoms with Crippen LogP contribution in [0, 0.1) is 40.4 Å². The molecule has 5 fully saturated rings. The lowest BCUT2D eigenvalue weighted by atomic mass is 9.46. The van der Waals surface area contributed by atoms with Gasteiger partial charge < -0.3 is 68.7 Å². The number of fused-ring (bicyclic) bond motifs is 8. The smallest absolute Gasteiger partial charge is 0.407 e. The van der Waals surface area contributed by atoms with E-state index in [1.165, 1.54) is 24.8 Å². The van der Waals surface area contributed by atoms with Crippen molar-refractivity contribution in [3.05, 3.63) is 101 Å². The van der Waals surface area contributed by atoms with Crippen molar-refractivity contribution in [2.45, 2.75) is 172 Å². The fraction of sp³-hybridized carbons (Fsp3) is 0.619. The minimum absolute atomic E-state index is 0.00255. The first-order chi connectivity index (χ1) is 38.7. The van der Waals surface area contributed by atoms with Crippen molar-refractivity contribution in [1.82, 2.24) is 5.32 Å². The molecule has 3 aromatic carbocycles. The minimum atomic E-state index is -1.71. The second-order valence-electron chi connectivity index (χ2n) is 24.6. The number of benzene rings is 3. The Morgan fingerprint density at radius 2 is 1.44 bits per heavy atom. The highest BCUT2D eigenvalue weighted by atomic mass is 16.7. The highest BCUT2D eigenvalue weighted by molar-refractivity contribution is 5.89. The molecule has 440 valence electrons. The van der Waals surface area contributed by atoms with Gasteiger partial charge in [0.05, 0.1) is 38.4 Å². The Kier molecular flexibility index (Phi) is 17.5. The molecule has 7 aliphatic rings. The van der Waals surface area contributed by atoms with E-state index in [-0.39, 0.29) is 85.1 Å². The van der Waals surface area contributed by atoms with E-state index >= 15 is 0 Å². The van der Waals surface area contributed by atoms with Crippen LogP contribution in [-0.2, 0) is 42.7 Å². The van der Waals surface area contributed by atoms with Crippen LogP contribution < -0.4 is 10.1 Å². The van der Waals surface area contributed by atoms with E-state index in [1.54, 1.807) is 19.1 Å². The van der Waals surface area contributed by atoms with Crippen LogP contribution in [0.25, 0.3) is 11.1 Å². The molecular formula is C63H81NO17. The lowest BCUT2D eigenvalue weighted by Crippen LogP contribution is -2.63. The van der Waals surface area contributed by atoms with E-state index in [4.69, 9.17) is 37.9 Å². The summed E-state index contributed by atoms with van der Waals surface area (Å²) in [5.41, 5.74) is 3.13. The maximum absolute atomic E-state index is 14.3. The van der Waals surface area contributed by atoms with Crippen LogP contribution in [0.5, 0.6) is 5.75 Å². The molecule has 1 amide bonds. The summed E-state index contributed by atoms with van der Waals surface area (Å²) in [4.78, 5) is 53.7. The van der Waals surface area contributed by atoms with Crippen LogP contribution in [0.3, 0.4) is 0 Å². The van der Waals surface area contributed by atoms with Crippen molar-refractivity contribution < 1.29 is 82.6 Å². The van der Waals surface area contributed by atoms with Crippen molar-refractivity contribution in [3.63, 3.8) is 0 Å². The van der Waals surface area contributed by atoms with Crippen molar-refractivity contribution >= 4 is 23.8 Å². The van der Waals surface area contributed by atoms with Gasteiger partial charge in [-0.25, -0.2) is 9.59 Å². The van der Waals surface area contributed by atoms with Gasteiger partial charge in [0, 0.05) is 36.6 Å². The topological polar surface area (TPSA) is 255 Å². The number of Topliss-reactive ketones (excluding diaryl/α,β-unsaturated/α-hetero) is 1. The number of nitrogens with one attached hydrogen (secondary N) is 1. The first kappa shape index (κ1) is 58.9. The molecule has 10 rings (SSSR count). The number of hydrogen-bond donors (Lipinski definition) is 6. The Morgan fingerprint density at radius 1 is 0.765 bits per heavy atom. The molecule has 3 saturated carbocycles. The zero-order valence-corrected chi connectivity index (χ0v) is 47.3. The van der Waals surface area contributed by atoms with Gasteiger partial charge in [0.2, 0.25) is 0 Å². The fourth-order valence-corrected chi connectivity index (χ4v) is 15.0. The van der Waals surface area contributed by atoms with Gasteiger partial charge in [-0.1, -0.05) is 94.8 Å². The maximum Gasteiger partial charge on any atom is 0.407 e. The molecule has 5 aliphatic carbocycles. The Balaban J connectivity index is 0.789. The van der Waals surface area contributed by atoms with Gasteiger partial charge in [-0.05, 0) is 121 Å². The lowest BCUT2D eigenvalue weighted by Gasteiger charge is -2.59. The minimum Gasteiger partial charge on any atom is -0.497 e. The van der Waals surface area contributed by atoms with E-state index in [0.717, 1.165) is 35.1 Å². The normalized spacial score (nSPS) is 35.5. The highest BCUT2D eigenvalue weighted by Crippen LogP contribution is 2.69. The predicted octanol–water partition coefficient (Wildman–Crippen LogP) is 6.93. The molecule has 0 bridgehead atoms. The summed E-state index contributed by atoms with van der Waals surface area (Å²) < 4.78 is 47.3. The summed E-state index contributed by atoms with van der Waals surface area (Å²) in [6.07, 6.45) is -6.64. The number of amides is 1. The molecule has 17 atom stereocenters. The molecule has 0 aromatic heterocycles. The molecule has 2 heterocycles. The van der Waals surface area contributed by atoms with Crippen molar-refractivity contribution in [1.29, 1.82) is 0 Å². The number of alkyl carbamates (subject to hydrolysis) is 1. The summed E-state index contributed by atoms with van der Waals surface area (Å²) in [6, 6.07) is 22.3. The number of aliphatic hydroxyl groups excluding tert-OH is 4. The SMILES string of the molecule is COc1ccc(C(=O)OC2C(OC3C(O)COC(O[C@H]4C[C@H]5[C@@H]6CC=C7C[C@@H](OC(=O)CCNC(=O)OCC8c9ccccc9-c9ccccc98)CC[C@]7(C)C6CC[C@]5(C)[C@@]4(O)[C@H](C)C(=O)CCC(C)C)C3O)OCC(O)C2O)cc1. The van der Waals surface area contributed by atoms with Crippen molar-refractivity contribution in [3.8, 4) is 16.9 Å². The first-order valence-corrected chi connectivity index (χ1v) is 29.1. The Labute approximate surface area is 473 Å². The summed E-state index contributed by atoms with van der Waals surface area (Å²) in [7, 11) is 1.48. The van der Waals surface area contributed by atoms with Crippen LogP contribution in [0.4, 0.5) is 4.79 Å². The number of allylic oxidation sites excluding steroid dienone is 1. The third kappa shape index (κ3) is 11.3. The Bertz CT molecular complexity index is 2740. The lowest BCUT2D eigenvalue weighted by molar-refractivity contribution is -0.344. The van der Waals surface area contributed by atoms with Crippen LogP contribution in [-0.4, -0.2) is 150 Å². The summed E-state index contributed by atoms with van der Waals surface area (Å²) >= 11 is 0. The third-order valence-corrected chi connectivity index (χ3v) is 19.7. The van der Waals surface area contributed by atoms with Gasteiger partial charge in [-0.15, -0.1) is 0 Å². The summed E-state index contributed by atoms with van der Waals surface area (Å²) in [6.45, 7) is 9.72. The fourth-order valence-electron chi connectivity index (χ4n) is 15.0. The quantitative estimate of drug-likeness (QED) is 0.0429. The Morgan fingerprint density at radius 3 is 2.14 bits per heavy atom. The second kappa shape index (κ2) is 24.1. The molecule has 2 saturated heterocycles. The molecule has 9 unspecified atom stereocenters. The predicted molar refractivity (Wildman–Crippen MR) is 293 cm³/mol. The van der Waals surface area contributed by atoms with Gasteiger partial charge in [0.25, 0.3) is 0 Å². The monoisotopic (exact) mass is 1120 g/mol. The zero-order valence-electron chi connectivity index (χ0n) is 47.3. The van der Waals surface area contributed by atoms with Crippen LogP contribution >= 0.6 is 0 Å². The molecule has 81 heavy (non-hydrogen) atoms. The van der Waals surface area contributed by atoms with E-state index in [9.17, 15) is 44.7 Å². The number of ether oxygens (including phenoxy) is 8. The van der Waals surface area contributed by atoms with Crippen LogP contribution in [0.2, 0.25) is 0 Å². The van der Waals surface area contributed by atoms with E-state index in [2.05, 4.69) is 49.5 Å². The van der Waals surface area contributed by atoms with Gasteiger partial charge >= 0.3 is 18.0 Å². The van der Waals surface area contributed by atoms with Crippen LogP contribution in [0.15, 0.2) is 84.4 Å².